The molecule has 2 heterocycles. The fraction of sp³-hybridized carbons (Fsp3) is 0.143. The van der Waals surface area contributed by atoms with Crippen LogP contribution in [0.2, 0.25) is 10.0 Å². The number of carbonyl (C=O) groups excluding carboxylic acids is 1. The van der Waals surface area contributed by atoms with E-state index in [1.165, 1.54) is 0 Å². The van der Waals surface area contributed by atoms with Crippen LogP contribution >= 0.6 is 23.2 Å². The number of carbonyl (C=O) groups is 1. The zero-order chi connectivity index (χ0) is 14.3. The van der Waals surface area contributed by atoms with Crippen LogP contribution < -0.4 is 10.2 Å². The first kappa shape index (κ1) is 13.2. The summed E-state index contributed by atoms with van der Waals surface area (Å²) in [5.41, 5.74) is 1.33. The highest BCUT2D eigenvalue weighted by Gasteiger charge is 2.31. The lowest BCUT2D eigenvalue weighted by Crippen LogP contribution is -2.45. The molecule has 2 aromatic rings. The third-order valence-corrected chi connectivity index (χ3v) is 3.84. The number of aromatic nitrogens is 1. The van der Waals surface area contributed by atoms with E-state index in [4.69, 9.17) is 23.2 Å². The van der Waals surface area contributed by atoms with Crippen molar-refractivity contribution in [2.75, 3.05) is 11.9 Å². The number of anilines is 1. The Hall–Kier alpha value is -1.78. The topological polar surface area (TPSA) is 45.2 Å². The van der Waals surface area contributed by atoms with Crippen molar-refractivity contribution in [3.05, 3.63) is 57.7 Å². The van der Waals surface area contributed by atoms with Crippen LogP contribution in [0.3, 0.4) is 0 Å². The van der Waals surface area contributed by atoms with Gasteiger partial charge in [-0.05, 0) is 24.3 Å². The number of halogens is 2. The molecule has 4 nitrogen and oxygen atoms in total. The smallest absolute Gasteiger partial charge is 0.256 e. The molecule has 1 aliphatic heterocycles. The maximum atomic E-state index is 12.1. The lowest BCUT2D eigenvalue weighted by atomic mass is 10.1. The molecule has 1 aromatic carbocycles. The molecule has 20 heavy (non-hydrogen) atoms. The summed E-state index contributed by atoms with van der Waals surface area (Å²) in [6, 6.07) is 8.69. The summed E-state index contributed by atoms with van der Waals surface area (Å²) in [5, 5.41) is 3.98. The second-order valence-corrected chi connectivity index (χ2v) is 5.37. The predicted molar refractivity (Wildman–Crippen MR) is 79.3 cm³/mol. The second kappa shape index (κ2) is 4.96. The van der Waals surface area contributed by atoms with Crippen LogP contribution in [0.25, 0.3) is 0 Å². The molecule has 0 fully saturated rings. The number of hydrogen-bond acceptors (Lipinski definition) is 3. The van der Waals surface area contributed by atoms with Crippen molar-refractivity contribution in [3.63, 3.8) is 0 Å². The maximum absolute atomic E-state index is 12.1. The molecule has 1 aliphatic rings. The van der Waals surface area contributed by atoms with Crippen molar-refractivity contribution < 1.29 is 4.79 Å². The van der Waals surface area contributed by atoms with E-state index in [1.54, 1.807) is 36.5 Å². The zero-order valence-corrected chi connectivity index (χ0v) is 12.1. The van der Waals surface area contributed by atoms with Crippen molar-refractivity contribution in [3.8, 4) is 0 Å². The van der Waals surface area contributed by atoms with Crippen molar-refractivity contribution >= 4 is 34.9 Å². The van der Waals surface area contributed by atoms with Gasteiger partial charge in [-0.1, -0.05) is 29.3 Å². The first-order valence-electron chi connectivity index (χ1n) is 6.01. The molecule has 0 saturated carbocycles. The fourth-order valence-corrected chi connectivity index (χ4v) is 2.80. The Kier molecular flexibility index (Phi) is 3.28. The summed E-state index contributed by atoms with van der Waals surface area (Å²) in [6.45, 7) is 0. The molecule has 1 atom stereocenters. The Morgan fingerprint density at radius 3 is 2.85 bits per heavy atom. The molecule has 1 amide bonds. The van der Waals surface area contributed by atoms with E-state index in [9.17, 15) is 4.79 Å². The second-order valence-electron chi connectivity index (χ2n) is 4.53. The lowest BCUT2D eigenvalue weighted by Gasteiger charge is -2.35. The van der Waals surface area contributed by atoms with E-state index in [0.717, 1.165) is 5.56 Å². The molecule has 1 N–H and O–H groups in total. The first-order valence-corrected chi connectivity index (χ1v) is 6.77. The van der Waals surface area contributed by atoms with Crippen molar-refractivity contribution in [2.45, 2.75) is 6.17 Å². The van der Waals surface area contributed by atoms with Crippen LogP contribution in [0.15, 0.2) is 36.5 Å². The average Bonchev–Trinajstić information content (AvgIpc) is 2.43. The number of fused-ring (bicyclic) bond motifs is 1. The number of hydrogen-bond donors (Lipinski definition) is 1. The molecular formula is C14H11Cl2N3O. The van der Waals surface area contributed by atoms with Gasteiger partial charge in [0.2, 0.25) is 0 Å². The maximum Gasteiger partial charge on any atom is 0.256 e. The highest BCUT2D eigenvalue weighted by Crippen LogP contribution is 2.33. The molecule has 0 unspecified atom stereocenters. The van der Waals surface area contributed by atoms with E-state index in [1.807, 2.05) is 11.9 Å². The van der Waals surface area contributed by atoms with Gasteiger partial charge in [0.25, 0.3) is 5.91 Å². The Morgan fingerprint density at radius 1 is 1.30 bits per heavy atom. The minimum absolute atomic E-state index is 0.165. The van der Waals surface area contributed by atoms with Crippen LogP contribution in [0, 0.1) is 0 Å². The minimum atomic E-state index is -0.366. The Morgan fingerprint density at radius 2 is 2.10 bits per heavy atom. The first-order chi connectivity index (χ1) is 9.58. The molecule has 0 radical (unpaired) electrons. The van der Waals surface area contributed by atoms with Crippen molar-refractivity contribution in [1.82, 2.24) is 10.3 Å². The SMILES string of the molecule is CN1c2ncccc2C(=O)N[C@H]1c1ccc(Cl)cc1Cl. The van der Waals surface area contributed by atoms with E-state index < -0.39 is 0 Å². The van der Waals surface area contributed by atoms with E-state index in [0.29, 0.717) is 21.4 Å². The van der Waals surface area contributed by atoms with Gasteiger partial charge < -0.3 is 10.2 Å². The largest absolute Gasteiger partial charge is 0.335 e. The standard InChI is InChI=1S/C14H11Cl2N3O/c1-19-12-10(3-2-6-17-12)14(20)18-13(19)9-5-4-8(15)7-11(9)16/h2-7,13H,1H3,(H,18,20)/t13-/m1/s1. The molecule has 0 aliphatic carbocycles. The Balaban J connectivity index is 2.07. The number of nitrogens with zero attached hydrogens (tertiary/aromatic N) is 2. The Labute approximate surface area is 126 Å². The predicted octanol–water partition coefficient (Wildman–Crippen LogP) is 3.27. The summed E-state index contributed by atoms with van der Waals surface area (Å²) in [4.78, 5) is 18.3. The van der Waals surface area contributed by atoms with Crippen LogP contribution in [-0.4, -0.2) is 17.9 Å². The number of amides is 1. The van der Waals surface area contributed by atoms with Gasteiger partial charge in [-0.3, -0.25) is 4.79 Å². The third kappa shape index (κ3) is 2.11. The number of nitrogens with one attached hydrogen (secondary N) is 1. The molecule has 6 heteroatoms. The third-order valence-electron chi connectivity index (χ3n) is 3.28. The van der Waals surface area contributed by atoms with E-state index in [-0.39, 0.29) is 12.1 Å². The van der Waals surface area contributed by atoms with E-state index >= 15 is 0 Å². The van der Waals surface area contributed by atoms with Crippen molar-refractivity contribution in [2.24, 2.45) is 0 Å². The summed E-state index contributed by atoms with van der Waals surface area (Å²) >= 11 is 12.1. The van der Waals surface area contributed by atoms with Gasteiger partial charge in [0.1, 0.15) is 12.0 Å². The molecular weight excluding hydrogens is 297 g/mol. The van der Waals surface area contributed by atoms with Crippen LogP contribution in [0.4, 0.5) is 5.82 Å². The lowest BCUT2D eigenvalue weighted by molar-refractivity contribution is 0.0927. The number of benzene rings is 1. The summed E-state index contributed by atoms with van der Waals surface area (Å²) in [7, 11) is 1.86. The van der Waals surface area contributed by atoms with Crippen LogP contribution in [0.5, 0.6) is 0 Å². The highest BCUT2D eigenvalue weighted by molar-refractivity contribution is 6.35. The monoisotopic (exact) mass is 307 g/mol. The van der Waals surface area contributed by atoms with Gasteiger partial charge in [-0.15, -0.1) is 0 Å². The molecule has 0 saturated heterocycles. The fourth-order valence-electron chi connectivity index (χ4n) is 2.29. The normalized spacial score (nSPS) is 17.6. The summed E-state index contributed by atoms with van der Waals surface area (Å²) in [5.74, 6) is 0.467. The summed E-state index contributed by atoms with van der Waals surface area (Å²) in [6.07, 6.45) is 1.30. The summed E-state index contributed by atoms with van der Waals surface area (Å²) < 4.78 is 0. The number of rotatable bonds is 1. The Bertz CT molecular complexity index is 690. The van der Waals surface area contributed by atoms with Gasteiger partial charge in [0, 0.05) is 28.9 Å². The zero-order valence-electron chi connectivity index (χ0n) is 10.6. The molecule has 102 valence electrons. The molecule has 3 rings (SSSR count). The quantitative estimate of drug-likeness (QED) is 0.879. The highest BCUT2D eigenvalue weighted by atomic mass is 35.5. The minimum Gasteiger partial charge on any atom is -0.335 e. The van der Waals surface area contributed by atoms with Crippen LogP contribution in [0.1, 0.15) is 22.1 Å². The molecule has 1 aromatic heterocycles. The van der Waals surface area contributed by atoms with Gasteiger partial charge in [0.05, 0.1) is 5.56 Å². The van der Waals surface area contributed by atoms with Crippen LogP contribution in [-0.2, 0) is 0 Å². The van der Waals surface area contributed by atoms with Gasteiger partial charge in [-0.2, -0.15) is 0 Å². The van der Waals surface area contributed by atoms with Gasteiger partial charge in [0.15, 0.2) is 0 Å². The average molecular weight is 308 g/mol. The van der Waals surface area contributed by atoms with Crippen molar-refractivity contribution in [1.29, 1.82) is 0 Å². The van der Waals surface area contributed by atoms with E-state index in [2.05, 4.69) is 10.3 Å². The molecule has 0 bridgehead atoms. The number of pyridine rings is 1. The van der Waals surface area contributed by atoms with Gasteiger partial charge in [-0.25, -0.2) is 4.98 Å². The molecule has 0 spiro atoms. The van der Waals surface area contributed by atoms with Gasteiger partial charge >= 0.3 is 0 Å².